The molecule has 0 radical (unpaired) electrons. The lowest BCUT2D eigenvalue weighted by molar-refractivity contribution is -0.119. The molecule has 0 saturated heterocycles. The zero-order valence-corrected chi connectivity index (χ0v) is 16.8. The van der Waals surface area contributed by atoms with Gasteiger partial charge in [0.1, 0.15) is 11.6 Å². The third kappa shape index (κ3) is 4.09. The van der Waals surface area contributed by atoms with Crippen LogP contribution >= 0.6 is 0 Å². The second kappa shape index (κ2) is 8.35. The minimum atomic E-state index is -0.154. The summed E-state index contributed by atoms with van der Waals surface area (Å²) in [6.07, 6.45) is 0.837. The molecular weight excluding hydrogens is 362 g/mol. The van der Waals surface area contributed by atoms with Crippen LogP contribution in [0.2, 0.25) is 0 Å². The van der Waals surface area contributed by atoms with Crippen molar-refractivity contribution in [3.8, 4) is 5.75 Å². The Morgan fingerprint density at radius 3 is 2.69 bits per heavy atom. The van der Waals surface area contributed by atoms with E-state index >= 15 is 0 Å². The van der Waals surface area contributed by atoms with Crippen molar-refractivity contribution in [3.63, 3.8) is 0 Å². The van der Waals surface area contributed by atoms with Gasteiger partial charge in [-0.05, 0) is 36.9 Å². The first-order chi connectivity index (χ1) is 14.1. The number of aryl methyl sites for hydroxylation is 1. The second-order valence-electron chi connectivity index (χ2n) is 7.21. The number of benzene rings is 3. The van der Waals surface area contributed by atoms with Crippen molar-refractivity contribution >= 4 is 27.7 Å². The molecule has 148 valence electrons. The molecule has 0 aliphatic carbocycles. The van der Waals surface area contributed by atoms with E-state index in [9.17, 15) is 4.79 Å². The number of rotatable bonds is 7. The summed E-state index contributed by atoms with van der Waals surface area (Å²) < 4.78 is 8.27. The largest absolute Gasteiger partial charge is 0.493 e. The maximum atomic E-state index is 11.5. The molecule has 0 fully saturated rings. The Morgan fingerprint density at radius 1 is 1.07 bits per heavy atom. The number of nitrogens with one attached hydrogen (secondary N) is 1. The fourth-order valence-electron chi connectivity index (χ4n) is 3.76. The molecule has 1 unspecified atom stereocenters. The summed E-state index contributed by atoms with van der Waals surface area (Å²) >= 11 is 0. The average molecular weight is 387 g/mol. The molecule has 0 aliphatic rings. The molecule has 4 aromatic rings. The van der Waals surface area contributed by atoms with E-state index < -0.39 is 0 Å². The number of ether oxygens (including phenoxy) is 1. The number of nitrogens with zero attached hydrogens (tertiary/aromatic N) is 2. The molecule has 5 heteroatoms. The van der Waals surface area contributed by atoms with Crippen LogP contribution in [-0.4, -0.2) is 22.1 Å². The van der Waals surface area contributed by atoms with Gasteiger partial charge >= 0.3 is 0 Å². The maximum Gasteiger partial charge on any atom is 0.217 e. The monoisotopic (exact) mass is 387 g/mol. The summed E-state index contributed by atoms with van der Waals surface area (Å²) in [5.41, 5.74) is 2.01. The zero-order chi connectivity index (χ0) is 20.2. The fourth-order valence-corrected chi connectivity index (χ4v) is 3.76. The molecule has 1 heterocycles. The summed E-state index contributed by atoms with van der Waals surface area (Å²) in [5, 5.41) is 5.25. The fraction of sp³-hybridized carbons (Fsp3) is 0.250. The minimum Gasteiger partial charge on any atom is -0.493 e. The number of carbonyl (C=O) groups is 1. The standard InChI is InChI=1S/C24H25N3O2/c1-17(25-18(2)28)24-26-21-12-5-6-13-22(21)27(24)15-8-16-29-23-14-7-10-19-9-3-4-11-20(19)23/h3-7,9-14,17H,8,15-16H2,1-2H3,(H,25,28). The summed E-state index contributed by atoms with van der Waals surface area (Å²) in [6, 6.07) is 22.3. The number of fused-ring (bicyclic) bond motifs is 2. The highest BCUT2D eigenvalue weighted by molar-refractivity contribution is 5.88. The quantitative estimate of drug-likeness (QED) is 0.461. The van der Waals surface area contributed by atoms with Crippen LogP contribution in [0.5, 0.6) is 5.75 Å². The summed E-state index contributed by atoms with van der Waals surface area (Å²) in [6.45, 7) is 4.87. The Kier molecular flexibility index (Phi) is 5.47. The SMILES string of the molecule is CC(=O)NC(C)c1nc2ccccc2n1CCCOc1cccc2ccccc12. The summed E-state index contributed by atoms with van der Waals surface area (Å²) in [7, 11) is 0. The van der Waals surface area contributed by atoms with Gasteiger partial charge in [-0.25, -0.2) is 4.98 Å². The van der Waals surface area contributed by atoms with Gasteiger partial charge in [-0.2, -0.15) is 0 Å². The lowest BCUT2D eigenvalue weighted by Gasteiger charge is -2.16. The number of aromatic nitrogens is 2. The van der Waals surface area contributed by atoms with Crippen LogP contribution in [0.4, 0.5) is 0 Å². The van der Waals surface area contributed by atoms with Crippen LogP contribution in [0, 0.1) is 0 Å². The third-order valence-corrected chi connectivity index (χ3v) is 5.02. The molecule has 0 saturated carbocycles. The van der Waals surface area contributed by atoms with Crippen LogP contribution in [-0.2, 0) is 11.3 Å². The Labute approximate surface area is 170 Å². The molecular formula is C24H25N3O2. The smallest absolute Gasteiger partial charge is 0.217 e. The summed E-state index contributed by atoms with van der Waals surface area (Å²) in [4.78, 5) is 16.3. The lowest BCUT2D eigenvalue weighted by atomic mass is 10.1. The van der Waals surface area contributed by atoms with Gasteiger partial charge < -0.3 is 14.6 Å². The molecule has 29 heavy (non-hydrogen) atoms. The number of hydrogen-bond acceptors (Lipinski definition) is 3. The van der Waals surface area contributed by atoms with Crippen LogP contribution in [0.15, 0.2) is 66.7 Å². The minimum absolute atomic E-state index is 0.0598. The van der Waals surface area contributed by atoms with Gasteiger partial charge in [-0.3, -0.25) is 4.79 Å². The van der Waals surface area contributed by atoms with Gasteiger partial charge in [0.05, 0.1) is 23.7 Å². The molecule has 1 aromatic heterocycles. The van der Waals surface area contributed by atoms with E-state index in [1.54, 1.807) is 0 Å². The Balaban J connectivity index is 1.50. The van der Waals surface area contributed by atoms with E-state index in [0.717, 1.165) is 41.0 Å². The predicted molar refractivity (Wildman–Crippen MR) is 116 cm³/mol. The van der Waals surface area contributed by atoms with Crippen LogP contribution < -0.4 is 10.1 Å². The highest BCUT2D eigenvalue weighted by Crippen LogP contribution is 2.26. The van der Waals surface area contributed by atoms with E-state index in [0.29, 0.717) is 6.61 Å². The van der Waals surface area contributed by atoms with Crippen molar-refractivity contribution < 1.29 is 9.53 Å². The van der Waals surface area contributed by atoms with Crippen molar-refractivity contribution in [2.45, 2.75) is 32.9 Å². The van der Waals surface area contributed by atoms with E-state index in [2.05, 4.69) is 34.1 Å². The van der Waals surface area contributed by atoms with Crippen molar-refractivity contribution in [1.29, 1.82) is 0 Å². The lowest BCUT2D eigenvalue weighted by Crippen LogP contribution is -2.26. The highest BCUT2D eigenvalue weighted by Gasteiger charge is 2.17. The average Bonchev–Trinajstić information content (AvgIpc) is 3.10. The number of amides is 1. The van der Waals surface area contributed by atoms with E-state index in [4.69, 9.17) is 9.72 Å². The Hall–Kier alpha value is -3.34. The number of para-hydroxylation sites is 2. The van der Waals surface area contributed by atoms with Gasteiger partial charge in [0, 0.05) is 18.9 Å². The van der Waals surface area contributed by atoms with Crippen LogP contribution in [0.3, 0.4) is 0 Å². The van der Waals surface area contributed by atoms with Gasteiger partial charge in [0.25, 0.3) is 0 Å². The van der Waals surface area contributed by atoms with Gasteiger partial charge in [0.2, 0.25) is 5.91 Å². The number of hydrogen-bond donors (Lipinski definition) is 1. The first-order valence-corrected chi connectivity index (χ1v) is 9.96. The molecule has 3 aromatic carbocycles. The van der Waals surface area contributed by atoms with Gasteiger partial charge in [-0.1, -0.05) is 48.5 Å². The molecule has 1 atom stereocenters. The summed E-state index contributed by atoms with van der Waals surface area (Å²) in [5.74, 6) is 1.72. The van der Waals surface area contributed by atoms with Gasteiger partial charge in [0.15, 0.2) is 0 Å². The highest BCUT2D eigenvalue weighted by atomic mass is 16.5. The topological polar surface area (TPSA) is 56.2 Å². The number of imidazole rings is 1. The molecule has 5 nitrogen and oxygen atoms in total. The predicted octanol–water partition coefficient (Wildman–Crippen LogP) is 4.86. The molecule has 0 aliphatic heterocycles. The maximum absolute atomic E-state index is 11.5. The van der Waals surface area contributed by atoms with E-state index in [-0.39, 0.29) is 11.9 Å². The van der Waals surface area contributed by atoms with Crippen LogP contribution in [0.1, 0.15) is 32.1 Å². The molecule has 0 spiro atoms. The normalized spacial score (nSPS) is 12.2. The van der Waals surface area contributed by atoms with E-state index in [1.165, 1.54) is 12.3 Å². The van der Waals surface area contributed by atoms with Crippen molar-refractivity contribution in [2.24, 2.45) is 0 Å². The van der Waals surface area contributed by atoms with Crippen LogP contribution in [0.25, 0.3) is 21.8 Å². The van der Waals surface area contributed by atoms with Crippen molar-refractivity contribution in [2.75, 3.05) is 6.61 Å². The first kappa shape index (κ1) is 19.0. The Morgan fingerprint density at radius 2 is 1.83 bits per heavy atom. The molecule has 1 amide bonds. The third-order valence-electron chi connectivity index (χ3n) is 5.02. The van der Waals surface area contributed by atoms with Crippen molar-refractivity contribution in [3.05, 3.63) is 72.6 Å². The van der Waals surface area contributed by atoms with Gasteiger partial charge in [-0.15, -0.1) is 0 Å². The second-order valence-corrected chi connectivity index (χ2v) is 7.21. The number of carbonyl (C=O) groups excluding carboxylic acids is 1. The molecule has 1 N–H and O–H groups in total. The van der Waals surface area contributed by atoms with E-state index in [1.807, 2.05) is 49.4 Å². The van der Waals surface area contributed by atoms with Crippen molar-refractivity contribution in [1.82, 2.24) is 14.9 Å². The molecule has 0 bridgehead atoms. The zero-order valence-electron chi connectivity index (χ0n) is 16.8. The Bertz CT molecular complexity index is 1140. The first-order valence-electron chi connectivity index (χ1n) is 9.96. The molecule has 4 rings (SSSR count).